The van der Waals surface area contributed by atoms with Crippen molar-refractivity contribution in [2.45, 2.75) is 11.9 Å². The number of halogens is 1. The standard InChI is InChI=1S/C7H8ClNO3S/c1-5-3-6(12-2)4-9-7(5)13(8,10)11/h3-4H,1-2H3. The second kappa shape index (κ2) is 3.51. The fourth-order valence-corrected chi connectivity index (χ4v) is 2.01. The highest BCUT2D eigenvalue weighted by molar-refractivity contribution is 8.13. The first-order valence-electron chi connectivity index (χ1n) is 3.40. The molecule has 6 heteroatoms. The molecule has 1 heterocycles. The van der Waals surface area contributed by atoms with Crippen LogP contribution in [0.15, 0.2) is 17.3 Å². The average molecular weight is 222 g/mol. The third-order valence-corrected chi connectivity index (χ3v) is 2.80. The Hall–Kier alpha value is -0.810. The van der Waals surface area contributed by atoms with Crippen LogP contribution in [0.5, 0.6) is 5.75 Å². The number of rotatable bonds is 2. The Kier molecular flexibility index (Phi) is 2.77. The van der Waals surface area contributed by atoms with Gasteiger partial charge in [-0.25, -0.2) is 13.4 Å². The summed E-state index contributed by atoms with van der Waals surface area (Å²) >= 11 is 0. The summed E-state index contributed by atoms with van der Waals surface area (Å²) in [6.45, 7) is 1.60. The average Bonchev–Trinajstić information content (AvgIpc) is 2.01. The first-order chi connectivity index (χ1) is 5.95. The molecular formula is C7H8ClNO3S. The predicted molar refractivity (Wildman–Crippen MR) is 48.6 cm³/mol. The van der Waals surface area contributed by atoms with E-state index in [4.69, 9.17) is 15.4 Å². The summed E-state index contributed by atoms with van der Waals surface area (Å²) in [6.07, 6.45) is 1.31. The van der Waals surface area contributed by atoms with Gasteiger partial charge in [0.1, 0.15) is 5.75 Å². The summed E-state index contributed by atoms with van der Waals surface area (Å²) in [5, 5.41) is -0.130. The molecule has 0 aliphatic rings. The van der Waals surface area contributed by atoms with Crippen LogP contribution in [0.4, 0.5) is 0 Å². The summed E-state index contributed by atoms with van der Waals surface area (Å²) in [6, 6.07) is 1.56. The van der Waals surface area contributed by atoms with E-state index in [2.05, 4.69) is 4.98 Å². The van der Waals surface area contributed by atoms with E-state index in [0.29, 0.717) is 11.3 Å². The lowest BCUT2D eigenvalue weighted by molar-refractivity contribution is 0.411. The van der Waals surface area contributed by atoms with Gasteiger partial charge in [0.25, 0.3) is 9.05 Å². The monoisotopic (exact) mass is 221 g/mol. The Morgan fingerprint density at radius 2 is 2.15 bits per heavy atom. The van der Waals surface area contributed by atoms with Crippen molar-refractivity contribution in [2.75, 3.05) is 7.11 Å². The zero-order valence-electron chi connectivity index (χ0n) is 7.11. The van der Waals surface area contributed by atoms with Crippen LogP contribution in [0.2, 0.25) is 0 Å². The van der Waals surface area contributed by atoms with Gasteiger partial charge in [0.05, 0.1) is 13.3 Å². The van der Waals surface area contributed by atoms with E-state index in [1.807, 2.05) is 0 Å². The quantitative estimate of drug-likeness (QED) is 0.707. The van der Waals surface area contributed by atoms with Gasteiger partial charge >= 0.3 is 0 Å². The van der Waals surface area contributed by atoms with Crippen molar-refractivity contribution in [2.24, 2.45) is 0 Å². The van der Waals surface area contributed by atoms with Crippen LogP contribution in [0.1, 0.15) is 5.56 Å². The van der Waals surface area contributed by atoms with Gasteiger partial charge in [-0.2, -0.15) is 0 Å². The maximum absolute atomic E-state index is 10.9. The SMILES string of the molecule is COc1cnc(S(=O)(=O)Cl)c(C)c1. The van der Waals surface area contributed by atoms with Gasteiger partial charge in [-0.05, 0) is 18.6 Å². The van der Waals surface area contributed by atoms with Gasteiger partial charge < -0.3 is 4.74 Å². The number of methoxy groups -OCH3 is 1. The summed E-state index contributed by atoms with van der Waals surface area (Å²) in [4.78, 5) is 3.68. The molecule has 4 nitrogen and oxygen atoms in total. The molecule has 0 saturated carbocycles. The molecule has 0 aromatic carbocycles. The zero-order chi connectivity index (χ0) is 10.1. The summed E-state index contributed by atoms with van der Waals surface area (Å²) in [7, 11) is 2.85. The number of nitrogens with zero attached hydrogens (tertiary/aromatic N) is 1. The molecule has 0 amide bonds. The lowest BCUT2D eigenvalue weighted by atomic mass is 10.3. The van der Waals surface area contributed by atoms with Crippen LogP contribution in [-0.4, -0.2) is 20.5 Å². The summed E-state index contributed by atoms with van der Waals surface area (Å²) in [5.74, 6) is 0.501. The van der Waals surface area contributed by atoms with Gasteiger partial charge in [-0.1, -0.05) is 0 Å². The lowest BCUT2D eigenvalue weighted by Crippen LogP contribution is -1.99. The Morgan fingerprint density at radius 1 is 1.54 bits per heavy atom. The number of aryl methyl sites for hydroxylation is 1. The van der Waals surface area contributed by atoms with Gasteiger partial charge in [0.15, 0.2) is 5.03 Å². The largest absolute Gasteiger partial charge is 0.495 e. The minimum absolute atomic E-state index is 0.130. The first-order valence-corrected chi connectivity index (χ1v) is 5.71. The Bertz CT molecular complexity index is 416. The van der Waals surface area contributed by atoms with Crippen molar-refractivity contribution in [1.29, 1.82) is 0 Å². The molecule has 0 saturated heterocycles. The van der Waals surface area contributed by atoms with Crippen LogP contribution < -0.4 is 4.74 Å². The number of ether oxygens (including phenoxy) is 1. The van der Waals surface area contributed by atoms with Crippen molar-refractivity contribution in [3.8, 4) is 5.75 Å². The van der Waals surface area contributed by atoms with Crippen molar-refractivity contribution < 1.29 is 13.2 Å². The molecule has 0 spiro atoms. The zero-order valence-corrected chi connectivity index (χ0v) is 8.69. The maximum Gasteiger partial charge on any atom is 0.278 e. The molecule has 13 heavy (non-hydrogen) atoms. The Morgan fingerprint density at radius 3 is 2.54 bits per heavy atom. The van der Waals surface area contributed by atoms with E-state index in [9.17, 15) is 8.42 Å². The van der Waals surface area contributed by atoms with Crippen LogP contribution >= 0.6 is 10.7 Å². The van der Waals surface area contributed by atoms with Crippen molar-refractivity contribution in [1.82, 2.24) is 4.98 Å². The van der Waals surface area contributed by atoms with E-state index in [0.717, 1.165) is 0 Å². The smallest absolute Gasteiger partial charge is 0.278 e. The minimum Gasteiger partial charge on any atom is -0.495 e. The third kappa shape index (κ3) is 2.32. The molecule has 0 aliphatic carbocycles. The second-order valence-corrected chi connectivity index (χ2v) is 4.92. The Labute approximate surface area is 80.9 Å². The normalized spacial score (nSPS) is 11.3. The number of aromatic nitrogens is 1. The van der Waals surface area contributed by atoms with E-state index in [1.54, 1.807) is 13.0 Å². The highest BCUT2D eigenvalue weighted by Gasteiger charge is 2.15. The molecule has 0 bridgehead atoms. The minimum atomic E-state index is -3.75. The number of pyridine rings is 1. The van der Waals surface area contributed by atoms with Gasteiger partial charge in [-0.15, -0.1) is 0 Å². The summed E-state index contributed by atoms with van der Waals surface area (Å²) in [5.41, 5.74) is 0.467. The second-order valence-electron chi connectivity index (χ2n) is 2.44. The maximum atomic E-state index is 10.9. The van der Waals surface area contributed by atoms with E-state index >= 15 is 0 Å². The van der Waals surface area contributed by atoms with E-state index in [1.165, 1.54) is 13.3 Å². The number of hydrogen-bond donors (Lipinski definition) is 0. The number of hydrogen-bond acceptors (Lipinski definition) is 4. The topological polar surface area (TPSA) is 56.3 Å². The van der Waals surface area contributed by atoms with Gasteiger partial charge in [0, 0.05) is 10.7 Å². The molecule has 0 fully saturated rings. The molecular weight excluding hydrogens is 214 g/mol. The predicted octanol–water partition coefficient (Wildman–Crippen LogP) is 1.33. The van der Waals surface area contributed by atoms with Gasteiger partial charge in [-0.3, -0.25) is 0 Å². The molecule has 0 aliphatic heterocycles. The lowest BCUT2D eigenvalue weighted by Gasteiger charge is -2.03. The highest BCUT2D eigenvalue weighted by Crippen LogP contribution is 2.20. The van der Waals surface area contributed by atoms with Crippen LogP contribution in [0.25, 0.3) is 0 Å². The molecule has 1 aromatic heterocycles. The van der Waals surface area contributed by atoms with E-state index in [-0.39, 0.29) is 5.03 Å². The van der Waals surface area contributed by atoms with Crippen molar-refractivity contribution in [3.63, 3.8) is 0 Å². The Balaban J connectivity index is 3.29. The fraction of sp³-hybridized carbons (Fsp3) is 0.286. The summed E-state index contributed by atoms with van der Waals surface area (Å²) < 4.78 is 26.7. The van der Waals surface area contributed by atoms with Crippen LogP contribution in [-0.2, 0) is 9.05 Å². The highest BCUT2D eigenvalue weighted by atomic mass is 35.7. The van der Waals surface area contributed by atoms with Crippen LogP contribution in [0.3, 0.4) is 0 Å². The molecule has 1 aromatic rings. The fourth-order valence-electron chi connectivity index (χ4n) is 0.903. The van der Waals surface area contributed by atoms with E-state index < -0.39 is 9.05 Å². The molecule has 0 N–H and O–H groups in total. The third-order valence-electron chi connectivity index (χ3n) is 1.47. The van der Waals surface area contributed by atoms with Crippen molar-refractivity contribution in [3.05, 3.63) is 17.8 Å². The molecule has 0 radical (unpaired) electrons. The molecule has 1 rings (SSSR count). The molecule has 72 valence electrons. The van der Waals surface area contributed by atoms with Gasteiger partial charge in [0.2, 0.25) is 0 Å². The molecule has 0 unspecified atom stereocenters. The molecule has 0 atom stereocenters. The van der Waals surface area contributed by atoms with Crippen LogP contribution in [0, 0.1) is 6.92 Å². The van der Waals surface area contributed by atoms with Crippen molar-refractivity contribution >= 4 is 19.7 Å². The first kappa shape index (κ1) is 10.3.